The summed E-state index contributed by atoms with van der Waals surface area (Å²) in [6.07, 6.45) is 2.07. The van der Waals surface area contributed by atoms with Crippen LogP contribution in [0.3, 0.4) is 0 Å². The number of allylic oxidation sites excluding steroid dienone is 5. The molecule has 0 saturated heterocycles. The molecule has 5 nitrogen and oxygen atoms in total. The molecular formula is C26H31F3N2O3. The number of benzene rings is 1. The number of aryl methyl sites for hydroxylation is 2. The number of primary amides is 1. The van der Waals surface area contributed by atoms with Crippen molar-refractivity contribution in [3.8, 4) is 0 Å². The van der Waals surface area contributed by atoms with Crippen molar-refractivity contribution >= 4 is 23.1 Å². The number of carbonyl (C=O) groups is 2. The van der Waals surface area contributed by atoms with E-state index in [9.17, 15) is 22.8 Å². The second kappa shape index (κ2) is 10.4. The van der Waals surface area contributed by atoms with E-state index < -0.39 is 23.8 Å². The summed E-state index contributed by atoms with van der Waals surface area (Å²) in [5.74, 6) is -0.782. The van der Waals surface area contributed by atoms with E-state index in [2.05, 4.69) is 4.74 Å². The van der Waals surface area contributed by atoms with E-state index in [0.29, 0.717) is 23.4 Å². The van der Waals surface area contributed by atoms with Gasteiger partial charge in [0.2, 0.25) is 11.8 Å². The van der Waals surface area contributed by atoms with Gasteiger partial charge in [-0.1, -0.05) is 45.1 Å². The first-order valence-corrected chi connectivity index (χ1v) is 10.9. The van der Waals surface area contributed by atoms with Gasteiger partial charge in [0.15, 0.2) is 0 Å². The van der Waals surface area contributed by atoms with E-state index in [1.165, 1.54) is 24.3 Å². The van der Waals surface area contributed by atoms with E-state index in [-0.39, 0.29) is 11.5 Å². The van der Waals surface area contributed by atoms with Crippen LogP contribution in [0, 0.1) is 19.3 Å². The summed E-state index contributed by atoms with van der Waals surface area (Å²) >= 11 is 0. The van der Waals surface area contributed by atoms with Crippen LogP contribution in [0.2, 0.25) is 0 Å². The Morgan fingerprint density at radius 3 is 2.32 bits per heavy atom. The third-order valence-corrected chi connectivity index (χ3v) is 5.25. The van der Waals surface area contributed by atoms with Gasteiger partial charge in [0.05, 0.1) is 0 Å². The molecule has 0 bridgehead atoms. The number of nitrogens with zero attached hydrogens (tertiary/aromatic N) is 1. The summed E-state index contributed by atoms with van der Waals surface area (Å²) in [4.78, 5) is 25.9. The molecule has 0 radical (unpaired) electrons. The van der Waals surface area contributed by atoms with Gasteiger partial charge in [-0.25, -0.2) is 0 Å². The quantitative estimate of drug-likeness (QED) is 0.549. The van der Waals surface area contributed by atoms with Crippen LogP contribution in [0.4, 0.5) is 18.9 Å². The van der Waals surface area contributed by atoms with Crippen molar-refractivity contribution in [2.45, 2.75) is 54.0 Å². The molecular weight excluding hydrogens is 445 g/mol. The molecule has 0 aromatic heterocycles. The van der Waals surface area contributed by atoms with Gasteiger partial charge < -0.3 is 10.6 Å². The smallest absolute Gasteiger partial charge is 0.366 e. The number of rotatable bonds is 6. The molecule has 0 saturated carbocycles. The third kappa shape index (κ3) is 6.93. The van der Waals surface area contributed by atoms with Gasteiger partial charge in [-0.15, -0.1) is 13.2 Å². The summed E-state index contributed by atoms with van der Waals surface area (Å²) in [6, 6.07) is 3.57. The Balaban J connectivity index is 2.72. The average Bonchev–Trinajstić information content (AvgIpc) is 2.88. The van der Waals surface area contributed by atoms with Crippen molar-refractivity contribution in [3.63, 3.8) is 0 Å². The summed E-state index contributed by atoms with van der Waals surface area (Å²) < 4.78 is 44.2. The standard InChI is InChI=1S/C26H31F3N2O3/c1-7-31(24(33)25(4,5)6)21-15-19(16(2)13-17(21)3)20-14-18(11-12-23(30)32)9-8-10-22(20)34-26(27,28)29/h8-15,22H,7H2,1-6H3,(H2,30,32)/b12-11+. The van der Waals surface area contributed by atoms with Gasteiger partial charge in [0, 0.05) is 23.7 Å². The first kappa shape index (κ1) is 27.1. The molecule has 184 valence electrons. The second-order valence-electron chi connectivity index (χ2n) is 9.12. The lowest BCUT2D eigenvalue weighted by molar-refractivity contribution is -0.329. The highest BCUT2D eigenvalue weighted by molar-refractivity contribution is 5.98. The van der Waals surface area contributed by atoms with Crippen molar-refractivity contribution in [1.82, 2.24) is 0 Å². The molecule has 1 aliphatic rings. The Kier molecular flexibility index (Phi) is 8.31. The van der Waals surface area contributed by atoms with Crippen LogP contribution < -0.4 is 10.6 Å². The highest BCUT2D eigenvalue weighted by Gasteiger charge is 2.35. The van der Waals surface area contributed by atoms with Crippen LogP contribution in [0.5, 0.6) is 0 Å². The molecule has 1 aliphatic carbocycles. The molecule has 0 spiro atoms. The fraction of sp³-hybridized carbons (Fsp3) is 0.385. The number of halogens is 3. The third-order valence-electron chi connectivity index (χ3n) is 5.25. The summed E-state index contributed by atoms with van der Waals surface area (Å²) in [5, 5.41) is 0. The zero-order valence-corrected chi connectivity index (χ0v) is 20.3. The fourth-order valence-electron chi connectivity index (χ4n) is 3.71. The van der Waals surface area contributed by atoms with Crippen molar-refractivity contribution in [2.24, 2.45) is 11.1 Å². The highest BCUT2D eigenvalue weighted by atomic mass is 19.4. The van der Waals surface area contributed by atoms with Crippen molar-refractivity contribution < 1.29 is 27.5 Å². The molecule has 0 heterocycles. The maximum atomic E-state index is 13.2. The number of carbonyl (C=O) groups excluding carboxylic acids is 2. The summed E-state index contributed by atoms with van der Waals surface area (Å²) in [7, 11) is 0. The van der Waals surface area contributed by atoms with Crippen LogP contribution in [0.25, 0.3) is 5.57 Å². The van der Waals surface area contributed by atoms with Gasteiger partial charge in [-0.2, -0.15) is 0 Å². The van der Waals surface area contributed by atoms with Crippen molar-refractivity contribution in [2.75, 3.05) is 11.4 Å². The molecule has 2 N–H and O–H groups in total. The molecule has 0 fully saturated rings. The number of hydrogen-bond donors (Lipinski definition) is 1. The largest absolute Gasteiger partial charge is 0.523 e. The number of alkyl halides is 3. The lowest BCUT2D eigenvalue weighted by atomic mass is 9.90. The molecule has 1 aromatic carbocycles. The first-order chi connectivity index (χ1) is 15.6. The second-order valence-corrected chi connectivity index (χ2v) is 9.12. The van der Waals surface area contributed by atoms with E-state index in [1.54, 1.807) is 24.0 Å². The molecule has 8 heteroatoms. The SMILES string of the molecule is CCN(C(=O)C(C)(C)C)c1cc(C2=CC(/C=C/C(N)=O)=CC=CC2OC(F)(F)F)c(C)cc1C. The fourth-order valence-corrected chi connectivity index (χ4v) is 3.71. The lowest BCUT2D eigenvalue weighted by Gasteiger charge is -2.31. The van der Waals surface area contributed by atoms with Gasteiger partial charge in [-0.05, 0) is 66.8 Å². The molecule has 0 aliphatic heterocycles. The average molecular weight is 477 g/mol. The normalized spacial score (nSPS) is 16.8. The first-order valence-electron chi connectivity index (χ1n) is 10.9. The molecule has 1 unspecified atom stereocenters. The van der Waals surface area contributed by atoms with E-state index in [0.717, 1.165) is 17.2 Å². The number of anilines is 1. The number of nitrogens with two attached hydrogens (primary N) is 1. The molecule has 2 rings (SSSR count). The Hall–Kier alpha value is -3.13. The monoisotopic (exact) mass is 476 g/mol. The minimum Gasteiger partial charge on any atom is -0.366 e. The Labute approximate surface area is 198 Å². The Bertz CT molecular complexity index is 1070. The molecule has 2 amide bonds. The van der Waals surface area contributed by atoms with Gasteiger partial charge >= 0.3 is 6.36 Å². The maximum Gasteiger partial charge on any atom is 0.523 e. The van der Waals surface area contributed by atoms with Crippen LogP contribution >= 0.6 is 0 Å². The van der Waals surface area contributed by atoms with Crippen LogP contribution in [0.15, 0.2) is 54.2 Å². The summed E-state index contributed by atoms with van der Waals surface area (Å²) in [6.45, 7) is 11.3. The van der Waals surface area contributed by atoms with Crippen LogP contribution in [0.1, 0.15) is 44.4 Å². The molecule has 1 atom stereocenters. The van der Waals surface area contributed by atoms with E-state index >= 15 is 0 Å². The predicted molar refractivity (Wildman–Crippen MR) is 128 cm³/mol. The van der Waals surface area contributed by atoms with E-state index in [4.69, 9.17) is 5.73 Å². The van der Waals surface area contributed by atoms with Crippen molar-refractivity contribution in [1.29, 1.82) is 0 Å². The molecule has 1 aromatic rings. The number of amides is 2. The summed E-state index contributed by atoms with van der Waals surface area (Å²) in [5.41, 5.74) is 7.90. The molecule has 34 heavy (non-hydrogen) atoms. The zero-order chi connectivity index (χ0) is 25.8. The Morgan fingerprint density at radius 1 is 1.15 bits per heavy atom. The zero-order valence-electron chi connectivity index (χ0n) is 20.3. The van der Waals surface area contributed by atoms with Gasteiger partial charge in [-0.3, -0.25) is 14.3 Å². The predicted octanol–water partition coefficient (Wildman–Crippen LogP) is 5.53. The van der Waals surface area contributed by atoms with Crippen LogP contribution in [-0.4, -0.2) is 30.8 Å². The number of hydrogen-bond acceptors (Lipinski definition) is 3. The lowest BCUT2D eigenvalue weighted by Crippen LogP contribution is -2.40. The Morgan fingerprint density at radius 2 is 1.79 bits per heavy atom. The maximum absolute atomic E-state index is 13.2. The number of ether oxygens (including phenoxy) is 1. The van der Waals surface area contributed by atoms with E-state index in [1.807, 2.05) is 40.7 Å². The minimum atomic E-state index is -4.87. The van der Waals surface area contributed by atoms with Crippen LogP contribution in [-0.2, 0) is 14.3 Å². The highest BCUT2D eigenvalue weighted by Crippen LogP contribution is 2.36. The van der Waals surface area contributed by atoms with Gasteiger partial charge in [0.25, 0.3) is 0 Å². The topological polar surface area (TPSA) is 72.6 Å². The van der Waals surface area contributed by atoms with Crippen molar-refractivity contribution in [3.05, 3.63) is 70.9 Å². The van der Waals surface area contributed by atoms with Gasteiger partial charge in [0.1, 0.15) is 6.10 Å². The minimum absolute atomic E-state index is 0.101.